The molecule has 0 aliphatic rings. The molecule has 0 aromatic carbocycles. The average Bonchev–Trinajstić information content (AvgIpc) is 2.02. The van der Waals surface area contributed by atoms with E-state index in [4.69, 9.17) is 0 Å². The summed E-state index contributed by atoms with van der Waals surface area (Å²) in [5.74, 6) is 0. The average molecular weight is 199 g/mol. The molecule has 14 heavy (non-hydrogen) atoms. The van der Waals surface area contributed by atoms with Crippen LogP contribution in [0, 0.1) is 10.1 Å². The second-order valence-corrected chi connectivity index (χ2v) is 3.39. The molecule has 0 saturated heterocycles. The van der Waals surface area contributed by atoms with Crippen molar-refractivity contribution in [2.24, 2.45) is 0 Å². The summed E-state index contributed by atoms with van der Waals surface area (Å²) < 4.78 is 0. The predicted molar refractivity (Wildman–Crippen MR) is 55.4 cm³/mol. The van der Waals surface area contributed by atoms with Crippen molar-refractivity contribution in [3.8, 4) is 0 Å². The van der Waals surface area contributed by atoms with Crippen LogP contribution in [0.2, 0.25) is 0 Å². The van der Waals surface area contributed by atoms with E-state index in [1.807, 2.05) is 6.92 Å². The Bertz CT molecular complexity index is 240. The van der Waals surface area contributed by atoms with E-state index in [1.54, 1.807) is 6.08 Å². The summed E-state index contributed by atoms with van der Waals surface area (Å²) in [6, 6.07) is 0. The molecule has 0 aromatic heterocycles. The molecule has 0 N–H and O–H groups in total. The van der Waals surface area contributed by atoms with Crippen LogP contribution in [0.4, 0.5) is 0 Å². The van der Waals surface area contributed by atoms with Gasteiger partial charge in [0.2, 0.25) is 0 Å². The van der Waals surface area contributed by atoms with E-state index in [9.17, 15) is 10.1 Å². The largest absolute Gasteiger partial charge is 0.310 e. The van der Waals surface area contributed by atoms with Gasteiger partial charge in [0.05, 0.1) is 0 Å². The van der Waals surface area contributed by atoms with Crippen molar-refractivity contribution in [3.05, 3.63) is 33.4 Å². The summed E-state index contributed by atoms with van der Waals surface area (Å²) in [6.07, 6.45) is 5.78. The number of hydrogen-bond donors (Lipinski definition) is 0. The first-order valence-corrected chi connectivity index (χ1v) is 4.58. The Morgan fingerprint density at radius 3 is 2.50 bits per heavy atom. The maximum Gasteiger partial charge on any atom is 0.294 e. The molecule has 0 bridgehead atoms. The van der Waals surface area contributed by atoms with Crippen molar-refractivity contribution in [3.63, 3.8) is 0 Å². The third kappa shape index (κ3) is 8.77. The number of hydrogen-bond acceptors (Lipinski definition) is 3. The SMILES string of the molecule is CC(C)=CCCC(C)=CCO[N+](=O)[O-]. The van der Waals surface area contributed by atoms with Gasteiger partial charge in [0, 0.05) is 0 Å². The molecule has 0 radical (unpaired) electrons. The first kappa shape index (κ1) is 12.7. The minimum absolute atomic E-state index is 0.0493. The first-order chi connectivity index (χ1) is 6.52. The van der Waals surface area contributed by atoms with E-state index < -0.39 is 5.09 Å². The van der Waals surface area contributed by atoms with Gasteiger partial charge in [-0.25, -0.2) is 0 Å². The Labute approximate surface area is 84.4 Å². The van der Waals surface area contributed by atoms with Crippen LogP contribution in [0.25, 0.3) is 0 Å². The van der Waals surface area contributed by atoms with Crippen LogP contribution in [0.15, 0.2) is 23.3 Å². The van der Waals surface area contributed by atoms with E-state index in [1.165, 1.54) is 5.57 Å². The van der Waals surface area contributed by atoms with Crippen molar-refractivity contribution in [2.75, 3.05) is 6.61 Å². The summed E-state index contributed by atoms with van der Waals surface area (Å²) in [5.41, 5.74) is 2.41. The molecule has 80 valence electrons. The lowest BCUT2D eigenvalue weighted by atomic mass is 10.1. The van der Waals surface area contributed by atoms with Gasteiger partial charge in [-0.3, -0.25) is 0 Å². The Morgan fingerprint density at radius 1 is 1.36 bits per heavy atom. The molecule has 0 rings (SSSR count). The van der Waals surface area contributed by atoms with Gasteiger partial charge < -0.3 is 4.84 Å². The van der Waals surface area contributed by atoms with Gasteiger partial charge in [0.15, 0.2) is 0 Å². The highest BCUT2D eigenvalue weighted by Crippen LogP contribution is 2.06. The van der Waals surface area contributed by atoms with Crippen molar-refractivity contribution < 1.29 is 9.92 Å². The second-order valence-electron chi connectivity index (χ2n) is 3.39. The fourth-order valence-electron chi connectivity index (χ4n) is 0.931. The molecular formula is C10H17NO3. The van der Waals surface area contributed by atoms with Gasteiger partial charge in [0.1, 0.15) is 6.61 Å². The molecule has 4 nitrogen and oxygen atoms in total. The molecule has 0 aromatic rings. The third-order valence-electron chi connectivity index (χ3n) is 1.70. The maximum absolute atomic E-state index is 9.83. The second kappa shape index (κ2) is 7.12. The first-order valence-electron chi connectivity index (χ1n) is 4.58. The molecule has 0 unspecified atom stereocenters. The molecular weight excluding hydrogens is 182 g/mol. The molecule has 0 amide bonds. The zero-order valence-corrected chi connectivity index (χ0v) is 8.95. The maximum atomic E-state index is 9.83. The third-order valence-corrected chi connectivity index (χ3v) is 1.70. The minimum atomic E-state index is -0.778. The van der Waals surface area contributed by atoms with E-state index >= 15 is 0 Å². The van der Waals surface area contributed by atoms with Gasteiger partial charge >= 0.3 is 0 Å². The highest BCUT2D eigenvalue weighted by Gasteiger charge is 1.92. The van der Waals surface area contributed by atoms with Crippen LogP contribution in [0.3, 0.4) is 0 Å². The Kier molecular flexibility index (Phi) is 6.45. The Hall–Kier alpha value is -1.32. The number of nitrogens with zero attached hydrogens (tertiary/aromatic N) is 1. The topological polar surface area (TPSA) is 52.4 Å². The lowest BCUT2D eigenvalue weighted by Crippen LogP contribution is -2.00. The molecule has 0 spiro atoms. The van der Waals surface area contributed by atoms with Gasteiger partial charge in [-0.2, -0.15) is 0 Å². The summed E-state index contributed by atoms with van der Waals surface area (Å²) in [6.45, 7) is 6.10. The normalized spacial score (nSPS) is 10.9. The number of rotatable bonds is 6. The summed E-state index contributed by atoms with van der Waals surface area (Å²) in [5, 5.41) is 9.05. The summed E-state index contributed by atoms with van der Waals surface area (Å²) >= 11 is 0. The van der Waals surface area contributed by atoms with Crippen LogP contribution in [-0.2, 0) is 4.84 Å². The number of allylic oxidation sites excluding steroid dienone is 3. The van der Waals surface area contributed by atoms with E-state index in [0.29, 0.717) is 0 Å². The highest BCUT2D eigenvalue weighted by atomic mass is 16.9. The zero-order valence-electron chi connectivity index (χ0n) is 8.95. The highest BCUT2D eigenvalue weighted by molar-refractivity contribution is 5.01. The summed E-state index contributed by atoms with van der Waals surface area (Å²) in [4.78, 5) is 14.0. The molecule has 0 aliphatic carbocycles. The molecule has 0 aliphatic heterocycles. The molecule has 4 heteroatoms. The lowest BCUT2D eigenvalue weighted by molar-refractivity contribution is -0.755. The van der Waals surface area contributed by atoms with Crippen LogP contribution < -0.4 is 0 Å². The fraction of sp³-hybridized carbons (Fsp3) is 0.600. The molecule has 0 heterocycles. The van der Waals surface area contributed by atoms with E-state index in [2.05, 4.69) is 24.8 Å². The van der Waals surface area contributed by atoms with Crippen LogP contribution in [0.1, 0.15) is 33.6 Å². The zero-order chi connectivity index (χ0) is 11.0. The van der Waals surface area contributed by atoms with Gasteiger partial charge in [-0.1, -0.05) is 23.3 Å². The van der Waals surface area contributed by atoms with Gasteiger partial charge in [-0.05, 0) is 33.6 Å². The van der Waals surface area contributed by atoms with Gasteiger partial charge in [-0.15, -0.1) is 10.1 Å². The lowest BCUT2D eigenvalue weighted by Gasteiger charge is -1.98. The van der Waals surface area contributed by atoms with Crippen molar-refractivity contribution in [1.82, 2.24) is 0 Å². The Balaban J connectivity index is 3.67. The van der Waals surface area contributed by atoms with Crippen LogP contribution >= 0.6 is 0 Å². The van der Waals surface area contributed by atoms with Crippen molar-refractivity contribution in [1.29, 1.82) is 0 Å². The molecule has 0 saturated carbocycles. The molecule has 0 fully saturated rings. The van der Waals surface area contributed by atoms with E-state index in [0.717, 1.165) is 18.4 Å². The quantitative estimate of drug-likeness (QED) is 0.375. The van der Waals surface area contributed by atoms with Crippen LogP contribution in [0.5, 0.6) is 0 Å². The minimum Gasteiger partial charge on any atom is -0.310 e. The smallest absolute Gasteiger partial charge is 0.294 e. The Morgan fingerprint density at radius 2 is 2.00 bits per heavy atom. The molecule has 0 atom stereocenters. The van der Waals surface area contributed by atoms with Crippen molar-refractivity contribution in [2.45, 2.75) is 33.6 Å². The predicted octanol–water partition coefficient (Wildman–Crippen LogP) is 2.89. The fourth-order valence-corrected chi connectivity index (χ4v) is 0.931. The van der Waals surface area contributed by atoms with E-state index in [-0.39, 0.29) is 6.61 Å². The standard InChI is InChI=1S/C10H17NO3/c1-9(2)5-4-6-10(3)7-8-14-11(12)13/h5,7H,4,6,8H2,1-3H3. The van der Waals surface area contributed by atoms with Crippen molar-refractivity contribution >= 4 is 0 Å². The monoisotopic (exact) mass is 199 g/mol. The van der Waals surface area contributed by atoms with Crippen LogP contribution in [-0.4, -0.2) is 11.7 Å². The summed E-state index contributed by atoms with van der Waals surface area (Å²) in [7, 11) is 0. The van der Waals surface area contributed by atoms with Gasteiger partial charge in [0.25, 0.3) is 5.09 Å².